The molecule has 35 heavy (non-hydrogen) atoms. The summed E-state index contributed by atoms with van der Waals surface area (Å²) in [6, 6.07) is 18.3. The highest BCUT2D eigenvalue weighted by Crippen LogP contribution is 2.36. The van der Waals surface area contributed by atoms with E-state index in [4.69, 9.17) is 9.97 Å². The molecule has 0 aliphatic carbocycles. The molecule has 5 rings (SSSR count). The molecule has 2 aromatic carbocycles. The van der Waals surface area contributed by atoms with Gasteiger partial charge in [0, 0.05) is 54.3 Å². The smallest absolute Gasteiger partial charge is 0.254 e. The number of pyridine rings is 1. The molecule has 0 spiro atoms. The maximum Gasteiger partial charge on any atom is 0.254 e. The molecule has 1 fully saturated rings. The van der Waals surface area contributed by atoms with Crippen molar-refractivity contribution < 1.29 is 4.79 Å². The van der Waals surface area contributed by atoms with Crippen LogP contribution >= 0.6 is 0 Å². The fourth-order valence-electron chi connectivity index (χ4n) is 5.00. The van der Waals surface area contributed by atoms with Gasteiger partial charge in [-0.2, -0.15) is 0 Å². The largest absolute Gasteiger partial charge is 0.339 e. The lowest BCUT2D eigenvalue weighted by molar-refractivity contribution is 0.0711. The van der Waals surface area contributed by atoms with Crippen LogP contribution in [0.15, 0.2) is 73.2 Å². The number of aryl methyl sites for hydroxylation is 3. The zero-order valence-electron chi connectivity index (χ0n) is 20.5. The summed E-state index contributed by atoms with van der Waals surface area (Å²) < 4.78 is 0. The quantitative estimate of drug-likeness (QED) is 0.365. The van der Waals surface area contributed by atoms with E-state index in [1.807, 2.05) is 42.3 Å². The number of aromatic nitrogens is 3. The van der Waals surface area contributed by atoms with E-state index in [0.29, 0.717) is 5.82 Å². The summed E-state index contributed by atoms with van der Waals surface area (Å²) in [7, 11) is 0. The van der Waals surface area contributed by atoms with Gasteiger partial charge in [0.25, 0.3) is 5.91 Å². The molecular weight excluding hydrogens is 432 g/mol. The Bertz CT molecular complexity index is 1360. The Morgan fingerprint density at radius 2 is 1.69 bits per heavy atom. The van der Waals surface area contributed by atoms with Crippen LogP contribution < -0.4 is 0 Å². The molecule has 2 aromatic heterocycles. The minimum absolute atomic E-state index is 0.124. The minimum Gasteiger partial charge on any atom is -0.339 e. The highest BCUT2D eigenvalue weighted by molar-refractivity contribution is 5.95. The van der Waals surface area contributed by atoms with Gasteiger partial charge in [-0.25, -0.2) is 9.97 Å². The number of likely N-dealkylation sites (tertiary alicyclic amines) is 1. The Labute approximate surface area is 206 Å². The average Bonchev–Trinajstić information content (AvgIpc) is 2.89. The van der Waals surface area contributed by atoms with E-state index in [2.05, 4.69) is 49.2 Å². The predicted octanol–water partition coefficient (Wildman–Crippen LogP) is 6.15. The van der Waals surface area contributed by atoms with Crippen molar-refractivity contribution in [1.82, 2.24) is 19.9 Å². The normalized spacial score (nSPS) is 14.2. The van der Waals surface area contributed by atoms with Crippen molar-refractivity contribution in [3.63, 3.8) is 0 Å². The van der Waals surface area contributed by atoms with E-state index in [9.17, 15) is 4.79 Å². The summed E-state index contributed by atoms with van der Waals surface area (Å²) in [5, 5.41) is 0. The number of rotatable bonds is 4. The lowest BCUT2D eigenvalue weighted by Crippen LogP contribution is -2.38. The third kappa shape index (κ3) is 4.72. The summed E-state index contributed by atoms with van der Waals surface area (Å²) in [5.41, 5.74) is 8.43. The molecule has 5 nitrogen and oxygen atoms in total. The van der Waals surface area contributed by atoms with Gasteiger partial charge in [-0.05, 0) is 68.5 Å². The monoisotopic (exact) mass is 462 g/mol. The van der Waals surface area contributed by atoms with E-state index in [-0.39, 0.29) is 11.8 Å². The molecular formula is C30H30N4O. The average molecular weight is 463 g/mol. The van der Waals surface area contributed by atoms with Gasteiger partial charge in [-0.3, -0.25) is 9.78 Å². The fourth-order valence-corrected chi connectivity index (χ4v) is 5.00. The summed E-state index contributed by atoms with van der Waals surface area (Å²) >= 11 is 0. The molecule has 1 amide bonds. The lowest BCUT2D eigenvalue weighted by atomic mass is 9.87. The molecule has 0 radical (unpaired) electrons. The highest BCUT2D eigenvalue weighted by Gasteiger charge is 2.28. The molecule has 176 valence electrons. The van der Waals surface area contributed by atoms with Crippen LogP contribution in [-0.2, 0) is 0 Å². The first-order valence-electron chi connectivity index (χ1n) is 12.2. The zero-order valence-corrected chi connectivity index (χ0v) is 20.5. The molecule has 0 N–H and O–H groups in total. The summed E-state index contributed by atoms with van der Waals surface area (Å²) in [4.78, 5) is 29.3. The van der Waals surface area contributed by atoms with Gasteiger partial charge in [-0.1, -0.05) is 42.0 Å². The molecule has 0 saturated carbocycles. The van der Waals surface area contributed by atoms with Gasteiger partial charge in [-0.15, -0.1) is 0 Å². The first-order valence-corrected chi connectivity index (χ1v) is 12.2. The van der Waals surface area contributed by atoms with Crippen molar-refractivity contribution in [3.8, 4) is 22.5 Å². The fraction of sp³-hybridized carbons (Fsp3) is 0.267. The summed E-state index contributed by atoms with van der Waals surface area (Å²) in [5.74, 6) is 1.07. The molecule has 4 aromatic rings. The first-order chi connectivity index (χ1) is 17.0. The van der Waals surface area contributed by atoms with Crippen molar-refractivity contribution in [1.29, 1.82) is 0 Å². The Balaban J connectivity index is 1.45. The summed E-state index contributed by atoms with van der Waals surface area (Å²) in [6.07, 6.45) is 7.27. The molecule has 1 aliphatic heterocycles. The SMILES string of the molecule is Cc1ccc(C(=O)N2CCC(c3nc(-c4cccnc4)ncc3-c3ccccc3C)CC2)c(C)c1. The second-order valence-corrected chi connectivity index (χ2v) is 9.43. The Hall–Kier alpha value is -3.86. The molecule has 1 saturated heterocycles. The van der Waals surface area contributed by atoms with Crippen LogP contribution in [0.2, 0.25) is 0 Å². The summed E-state index contributed by atoms with van der Waals surface area (Å²) in [6.45, 7) is 7.63. The van der Waals surface area contributed by atoms with Crippen molar-refractivity contribution in [3.05, 3.63) is 101 Å². The van der Waals surface area contributed by atoms with Crippen molar-refractivity contribution in [2.75, 3.05) is 13.1 Å². The van der Waals surface area contributed by atoms with E-state index in [1.165, 1.54) is 11.1 Å². The van der Waals surface area contributed by atoms with Crippen molar-refractivity contribution in [2.24, 2.45) is 0 Å². The number of piperidine rings is 1. The van der Waals surface area contributed by atoms with Gasteiger partial charge in [0.2, 0.25) is 0 Å². The first kappa shape index (κ1) is 22.9. The van der Waals surface area contributed by atoms with Gasteiger partial charge >= 0.3 is 0 Å². The van der Waals surface area contributed by atoms with Crippen molar-refractivity contribution >= 4 is 5.91 Å². The Morgan fingerprint density at radius 1 is 0.886 bits per heavy atom. The van der Waals surface area contributed by atoms with E-state index >= 15 is 0 Å². The van der Waals surface area contributed by atoms with Crippen LogP contribution in [0.3, 0.4) is 0 Å². The topological polar surface area (TPSA) is 59.0 Å². The lowest BCUT2D eigenvalue weighted by Gasteiger charge is -2.33. The Morgan fingerprint density at radius 3 is 2.40 bits per heavy atom. The van der Waals surface area contributed by atoms with Gasteiger partial charge in [0.15, 0.2) is 5.82 Å². The third-order valence-electron chi connectivity index (χ3n) is 6.95. The number of hydrogen-bond donors (Lipinski definition) is 0. The van der Waals surface area contributed by atoms with Gasteiger partial charge in [0.1, 0.15) is 0 Å². The molecule has 0 bridgehead atoms. The molecule has 3 heterocycles. The maximum absolute atomic E-state index is 13.2. The molecule has 0 unspecified atom stereocenters. The van der Waals surface area contributed by atoms with Crippen LogP contribution in [0.25, 0.3) is 22.5 Å². The number of hydrogen-bond acceptors (Lipinski definition) is 4. The Kier molecular flexibility index (Phi) is 6.41. The van der Waals surface area contributed by atoms with Crippen LogP contribution in [0, 0.1) is 20.8 Å². The third-order valence-corrected chi connectivity index (χ3v) is 6.95. The second-order valence-electron chi connectivity index (χ2n) is 9.43. The number of benzene rings is 2. The van der Waals surface area contributed by atoms with Gasteiger partial charge < -0.3 is 4.90 Å². The van der Waals surface area contributed by atoms with Crippen LogP contribution in [0.4, 0.5) is 0 Å². The van der Waals surface area contributed by atoms with Crippen LogP contribution in [0.1, 0.15) is 51.5 Å². The molecule has 0 atom stereocenters. The zero-order chi connectivity index (χ0) is 24.4. The number of nitrogens with zero attached hydrogens (tertiary/aromatic N) is 4. The molecule has 5 heteroatoms. The van der Waals surface area contributed by atoms with E-state index in [0.717, 1.165) is 59.4 Å². The van der Waals surface area contributed by atoms with E-state index in [1.54, 1.807) is 12.4 Å². The molecule has 1 aliphatic rings. The van der Waals surface area contributed by atoms with Crippen LogP contribution in [-0.4, -0.2) is 38.8 Å². The number of carbonyl (C=O) groups is 1. The number of carbonyl (C=O) groups excluding carboxylic acids is 1. The number of amides is 1. The highest BCUT2D eigenvalue weighted by atomic mass is 16.2. The van der Waals surface area contributed by atoms with Crippen LogP contribution in [0.5, 0.6) is 0 Å². The minimum atomic E-state index is 0.124. The van der Waals surface area contributed by atoms with E-state index < -0.39 is 0 Å². The predicted molar refractivity (Wildman–Crippen MR) is 139 cm³/mol. The second kappa shape index (κ2) is 9.79. The standard InChI is InChI=1S/C30H30N4O/c1-20-10-11-26(22(3)17-20)30(35)34-15-12-23(13-16-34)28-27(25-9-5-4-7-21(25)2)19-32-29(33-28)24-8-6-14-31-18-24/h4-11,14,17-19,23H,12-13,15-16H2,1-3H3. The maximum atomic E-state index is 13.2. The van der Waals surface area contributed by atoms with Crippen molar-refractivity contribution in [2.45, 2.75) is 39.5 Å². The van der Waals surface area contributed by atoms with Gasteiger partial charge in [0.05, 0.1) is 5.69 Å².